The number of phenols is 5. The number of carboxylic acids is 1. The molecule has 0 spiro atoms. The molecule has 7 aromatic carbocycles. The Labute approximate surface area is 662 Å². The van der Waals surface area contributed by atoms with Crippen molar-refractivity contribution in [1.29, 1.82) is 0 Å². The van der Waals surface area contributed by atoms with Gasteiger partial charge in [0.25, 0.3) is 0 Å². The third kappa shape index (κ3) is 38.6. The fourth-order valence-electron chi connectivity index (χ4n) is 10.1. The van der Waals surface area contributed by atoms with Gasteiger partial charge in [0, 0.05) is 66.2 Å². The highest BCUT2D eigenvalue weighted by Gasteiger charge is 2.30. The van der Waals surface area contributed by atoms with Crippen molar-refractivity contribution in [1.82, 2.24) is 31.9 Å². The zero-order valence-corrected chi connectivity index (χ0v) is 64.9. The van der Waals surface area contributed by atoms with Gasteiger partial charge in [-0.1, -0.05) is 84.9 Å². The number of nitrogens with two attached hydrogens (primary N) is 1. The van der Waals surface area contributed by atoms with Crippen LogP contribution in [0, 0.1) is 0 Å². The molecule has 7 rings (SSSR count). The van der Waals surface area contributed by atoms with Crippen LogP contribution in [0.1, 0.15) is 66.6 Å². The lowest BCUT2D eigenvalue weighted by molar-refractivity contribution is -0.145. The highest BCUT2D eigenvalue weighted by molar-refractivity contribution is 5.92. The summed E-state index contributed by atoms with van der Waals surface area (Å²) in [7, 11) is 7.52. The largest absolute Gasteiger partial charge is 0.508 e. The molecule has 0 aliphatic carbocycles. The monoisotopic (exact) mass is 1600 g/mol. The van der Waals surface area contributed by atoms with Gasteiger partial charge in [-0.05, 0) is 130 Å². The standard InChI is InChI=1S/C27H32N2O10.C21H24N2O6.C12H15NO4.C11H13NO4.C10H13NO3/c1-17(30)28-22(13-18-5-9-20(10-6-18)38-15-24(31)35-2)26(33)29-23(27(34)37-4)14-19-7-11-21(12-8-19)39-16-25(32)36-3;1-13(24)22-18(11-14-3-7-16(25)8-4-14)20(27)23-19(21(28)29-2)12-15-5-9-17(26)10-6-15;1-8(14)13-11(12(16)17-2)7-9-3-5-10(15)6-4-9;1-7(13)12-10(11(15)16)6-8-2-4-9(14)5-3-8;1-14-10(13)9(11)6-7-2-4-8(12)5-3-7/h5-12,22-23H,13-16H2,1-4H3,(H,28,30)(H,29,33);3-10,18-19,25-26H,11-12H2,1-2H3,(H,22,24)(H,23,27);3-6,11,15H,7H2,1-2H3,(H,13,14);2-5,10,14H,6H2,1H3,(H,12,13)(H,15,16);2-5,9,12H,6,11H2,1H3. The summed E-state index contributed by atoms with van der Waals surface area (Å²) in [5.41, 5.74) is 10.8. The first-order chi connectivity index (χ1) is 54.6. The quantitative estimate of drug-likeness (QED) is 0.0207. The fourth-order valence-corrected chi connectivity index (χ4v) is 10.1. The Kier molecular flexibility index (Phi) is 42.2. The van der Waals surface area contributed by atoms with Crippen LogP contribution in [-0.4, -0.2) is 206 Å². The predicted molar refractivity (Wildman–Crippen MR) is 412 cm³/mol. The molecular weight excluding hydrogens is 1500 g/mol. The highest BCUT2D eigenvalue weighted by atomic mass is 16.6. The number of ether oxygens (including phenoxy) is 8. The van der Waals surface area contributed by atoms with Gasteiger partial charge in [-0.15, -0.1) is 0 Å². The van der Waals surface area contributed by atoms with Gasteiger partial charge in [0.2, 0.25) is 35.4 Å². The Balaban J connectivity index is 0.000000395. The number of aromatic hydroxyl groups is 5. The Morgan fingerprint density at radius 2 is 0.496 bits per heavy atom. The summed E-state index contributed by atoms with van der Waals surface area (Å²) in [6, 6.07) is 38.7. The summed E-state index contributed by atoms with van der Waals surface area (Å²) in [5.74, 6) is -5.45. The normalized spacial score (nSPS) is 12.0. The average molecular weight is 1600 g/mol. The predicted octanol–water partition coefficient (Wildman–Crippen LogP) is 3.35. The lowest BCUT2D eigenvalue weighted by atomic mass is 10.0. The second-order valence-electron chi connectivity index (χ2n) is 25.0. The molecule has 115 heavy (non-hydrogen) atoms. The molecule has 0 fully saturated rings. The number of methoxy groups -OCH3 is 6. The number of carboxylic acid groups (broad SMARTS) is 1. The Bertz CT molecular complexity index is 4280. The van der Waals surface area contributed by atoms with E-state index in [4.69, 9.17) is 45.1 Å². The number of amides is 6. The number of nitrogens with one attached hydrogen (secondary N) is 6. The van der Waals surface area contributed by atoms with Gasteiger partial charge in [0.05, 0.1) is 42.7 Å². The van der Waals surface area contributed by atoms with Gasteiger partial charge in [-0.3, -0.25) is 33.6 Å². The van der Waals surface area contributed by atoms with Gasteiger partial charge >= 0.3 is 41.8 Å². The van der Waals surface area contributed by atoms with E-state index in [1.807, 2.05) is 0 Å². The number of phenolic OH excluding ortho intramolecular Hbond substituents is 5. The topological polar surface area (TPSA) is 515 Å². The SMILES string of the molecule is CC(=O)NC(Cc1ccc(O)cc1)C(=O)O.COC(=O)C(Cc1ccc(O)cc1)NC(=O)C(Cc1ccc(O)cc1)NC(C)=O.COC(=O)C(Cc1ccc(O)cc1)NC(C)=O.COC(=O)C(N)Cc1ccc(O)cc1.COC(=O)COc1ccc(CC(NC(C)=O)C(=O)NC(Cc2ccc(OCC(=O)OC)cc2)C(=O)OC)cc1. The Morgan fingerprint density at radius 3 is 0.730 bits per heavy atom. The maximum absolute atomic E-state index is 13.1. The minimum absolute atomic E-state index is 0.0898. The van der Waals surface area contributed by atoms with Crippen LogP contribution in [0.5, 0.6) is 40.2 Å². The fraction of sp³-hybridized carbons (Fsp3) is 0.321. The zero-order valence-electron chi connectivity index (χ0n) is 64.9. The maximum atomic E-state index is 13.1. The molecule has 34 nitrogen and oxygen atoms in total. The van der Waals surface area contributed by atoms with Gasteiger partial charge < -0.3 is 106 Å². The smallest absolute Gasteiger partial charge is 0.343 e. The molecule has 618 valence electrons. The van der Waals surface area contributed by atoms with E-state index >= 15 is 0 Å². The first-order valence-corrected chi connectivity index (χ1v) is 35.0. The van der Waals surface area contributed by atoms with E-state index in [0.29, 0.717) is 41.0 Å². The van der Waals surface area contributed by atoms with E-state index in [2.05, 4.69) is 50.8 Å². The molecule has 34 heteroatoms. The molecule has 0 aliphatic rings. The first-order valence-electron chi connectivity index (χ1n) is 35.0. The van der Waals surface area contributed by atoms with Crippen LogP contribution in [0.3, 0.4) is 0 Å². The van der Waals surface area contributed by atoms with E-state index in [1.165, 1.54) is 119 Å². The van der Waals surface area contributed by atoms with Crippen LogP contribution in [-0.2, 0) is 136 Å². The van der Waals surface area contributed by atoms with E-state index in [1.54, 1.807) is 121 Å². The van der Waals surface area contributed by atoms with Crippen molar-refractivity contribution in [2.75, 3.05) is 55.9 Å². The van der Waals surface area contributed by atoms with Crippen LogP contribution in [0.2, 0.25) is 0 Å². The lowest BCUT2D eigenvalue weighted by Gasteiger charge is -2.22. The molecule has 7 aromatic rings. The molecule has 7 unspecified atom stereocenters. The number of esters is 6. The molecule has 14 N–H and O–H groups in total. The minimum atomic E-state index is -1.08. The molecule has 0 bridgehead atoms. The van der Waals surface area contributed by atoms with Gasteiger partial charge in [-0.25, -0.2) is 28.8 Å². The number of aliphatic carboxylic acids is 1. The first kappa shape index (κ1) is 95.4. The number of hydrogen-bond acceptors (Lipinski definition) is 27. The molecule has 6 amide bonds. The van der Waals surface area contributed by atoms with Crippen molar-refractivity contribution in [2.24, 2.45) is 5.73 Å². The molecule has 0 saturated heterocycles. The highest BCUT2D eigenvalue weighted by Crippen LogP contribution is 2.20. The summed E-state index contributed by atoms with van der Waals surface area (Å²) in [4.78, 5) is 151. The van der Waals surface area contributed by atoms with Crippen LogP contribution in [0.4, 0.5) is 0 Å². The second-order valence-corrected chi connectivity index (χ2v) is 25.0. The van der Waals surface area contributed by atoms with E-state index < -0.39 is 108 Å². The molecule has 0 aromatic heterocycles. The lowest BCUT2D eigenvalue weighted by Crippen LogP contribution is -2.53. The van der Waals surface area contributed by atoms with Crippen molar-refractivity contribution in [3.05, 3.63) is 209 Å². The van der Waals surface area contributed by atoms with Crippen molar-refractivity contribution < 1.29 is 131 Å². The average Bonchev–Trinajstić information content (AvgIpc) is 0.850. The third-order valence-corrected chi connectivity index (χ3v) is 15.8. The van der Waals surface area contributed by atoms with Crippen molar-refractivity contribution in [2.45, 2.75) is 115 Å². The molecule has 0 heterocycles. The van der Waals surface area contributed by atoms with Crippen molar-refractivity contribution in [3.63, 3.8) is 0 Å². The molecule has 0 aliphatic heterocycles. The van der Waals surface area contributed by atoms with Gasteiger partial charge in [0.15, 0.2) is 13.2 Å². The number of carbonyl (C=O) groups is 13. The second kappa shape index (κ2) is 50.9. The van der Waals surface area contributed by atoms with E-state index in [-0.39, 0.29) is 85.9 Å². The molecule has 0 saturated carbocycles. The van der Waals surface area contributed by atoms with Crippen LogP contribution < -0.4 is 47.1 Å². The zero-order chi connectivity index (χ0) is 85.7. The van der Waals surface area contributed by atoms with Gasteiger partial charge in [0.1, 0.15) is 82.5 Å². The summed E-state index contributed by atoms with van der Waals surface area (Å²) in [5, 5.41) is 70.2. The summed E-state index contributed by atoms with van der Waals surface area (Å²) < 4.78 is 38.4. The third-order valence-electron chi connectivity index (χ3n) is 15.8. The van der Waals surface area contributed by atoms with Crippen molar-refractivity contribution >= 4 is 77.2 Å². The molecule has 0 radical (unpaired) electrons. The summed E-state index contributed by atoms with van der Waals surface area (Å²) >= 11 is 0. The van der Waals surface area contributed by atoms with Crippen molar-refractivity contribution in [3.8, 4) is 40.2 Å². The van der Waals surface area contributed by atoms with Crippen LogP contribution in [0.25, 0.3) is 0 Å². The van der Waals surface area contributed by atoms with E-state index in [0.717, 1.165) is 22.3 Å². The van der Waals surface area contributed by atoms with E-state index in [9.17, 15) is 72.5 Å². The Hall–Kier alpha value is -13.8. The molecular formula is C81H97N7O27. The number of hydrogen-bond donors (Lipinski definition) is 13. The Morgan fingerprint density at radius 1 is 0.287 bits per heavy atom. The summed E-state index contributed by atoms with van der Waals surface area (Å²) in [6.45, 7) is 4.70. The summed E-state index contributed by atoms with van der Waals surface area (Å²) in [6.07, 6.45) is 1.50. The number of rotatable bonds is 33. The molecule has 7 atom stereocenters. The maximum Gasteiger partial charge on any atom is 0.343 e. The number of benzene rings is 7. The number of carbonyl (C=O) groups excluding carboxylic acids is 12. The van der Waals surface area contributed by atoms with Crippen LogP contribution in [0.15, 0.2) is 170 Å². The van der Waals surface area contributed by atoms with Gasteiger partial charge in [-0.2, -0.15) is 0 Å². The van der Waals surface area contributed by atoms with Crippen LogP contribution >= 0.6 is 0 Å². The minimum Gasteiger partial charge on any atom is -0.508 e.